The third kappa shape index (κ3) is 6.26. The van der Waals surface area contributed by atoms with Gasteiger partial charge >= 0.3 is 0 Å². The molecule has 1 aromatic heterocycles. The van der Waals surface area contributed by atoms with Crippen LogP contribution in [0.1, 0.15) is 17.5 Å². The van der Waals surface area contributed by atoms with Crippen LogP contribution in [0.4, 0.5) is 5.95 Å². The zero-order valence-electron chi connectivity index (χ0n) is 14.3. The molecule has 0 fully saturated rings. The first-order valence-electron chi connectivity index (χ1n) is 7.96. The Morgan fingerprint density at radius 2 is 1.81 bits per heavy atom. The van der Waals surface area contributed by atoms with Crippen LogP contribution < -0.4 is 15.8 Å². The van der Waals surface area contributed by atoms with Gasteiger partial charge in [-0.3, -0.25) is 4.79 Å². The summed E-state index contributed by atoms with van der Waals surface area (Å²) in [6.07, 6.45) is 6.40. The molecule has 0 aliphatic heterocycles. The van der Waals surface area contributed by atoms with E-state index in [1.165, 1.54) is 18.5 Å². The minimum absolute atomic E-state index is 0.166. The Morgan fingerprint density at radius 1 is 1.15 bits per heavy atom. The summed E-state index contributed by atoms with van der Waals surface area (Å²) >= 11 is 0. The number of nitrogen functional groups attached to an aromatic ring is 1. The van der Waals surface area contributed by atoms with Crippen LogP contribution in [0.5, 0.6) is 0 Å². The molecule has 0 aliphatic carbocycles. The van der Waals surface area contributed by atoms with Crippen molar-refractivity contribution in [3.63, 3.8) is 0 Å². The number of amides is 1. The minimum Gasteiger partial charge on any atom is -0.368 e. The Labute approximate surface area is 152 Å². The summed E-state index contributed by atoms with van der Waals surface area (Å²) in [5.74, 6) is -0.122. The monoisotopic (exact) mass is 375 g/mol. The van der Waals surface area contributed by atoms with Crippen molar-refractivity contribution >= 4 is 28.0 Å². The second-order valence-electron chi connectivity index (χ2n) is 5.56. The Morgan fingerprint density at radius 3 is 2.46 bits per heavy atom. The van der Waals surface area contributed by atoms with E-state index in [0.717, 1.165) is 5.56 Å². The number of hydrogen-bond donors (Lipinski definition) is 3. The van der Waals surface area contributed by atoms with E-state index >= 15 is 0 Å². The Bertz CT molecular complexity index is 862. The fourth-order valence-electron chi connectivity index (χ4n) is 1.97. The molecule has 2 aromatic rings. The lowest BCUT2D eigenvalue weighted by Gasteiger charge is -2.07. The molecule has 0 saturated carbocycles. The Kier molecular flexibility index (Phi) is 6.81. The van der Waals surface area contributed by atoms with Gasteiger partial charge in [0.05, 0.1) is 4.90 Å². The predicted molar refractivity (Wildman–Crippen MR) is 99.5 cm³/mol. The van der Waals surface area contributed by atoms with Crippen LogP contribution in [0.2, 0.25) is 0 Å². The lowest BCUT2D eigenvalue weighted by atomic mass is 10.2. The minimum atomic E-state index is -3.53. The molecule has 0 atom stereocenters. The highest BCUT2D eigenvalue weighted by molar-refractivity contribution is 7.89. The van der Waals surface area contributed by atoms with Crippen LogP contribution in [0, 0.1) is 6.92 Å². The first-order chi connectivity index (χ1) is 12.4. The number of hydrogen-bond acceptors (Lipinski definition) is 6. The summed E-state index contributed by atoms with van der Waals surface area (Å²) in [7, 11) is -3.53. The number of carbonyl (C=O) groups is 1. The van der Waals surface area contributed by atoms with Crippen molar-refractivity contribution in [1.29, 1.82) is 0 Å². The molecular weight excluding hydrogens is 354 g/mol. The molecule has 0 spiro atoms. The molecule has 0 aliphatic rings. The quantitative estimate of drug-likeness (QED) is 0.464. The SMILES string of the molecule is Cc1ccc(S(=O)(=O)NCCCNC(=O)/C=C/c2cnc(N)nc2)cc1. The number of nitrogens with two attached hydrogens (primary N) is 1. The highest BCUT2D eigenvalue weighted by atomic mass is 32.2. The molecule has 0 saturated heterocycles. The van der Waals surface area contributed by atoms with Gasteiger partial charge in [-0.05, 0) is 31.6 Å². The van der Waals surface area contributed by atoms with Crippen molar-refractivity contribution in [1.82, 2.24) is 20.0 Å². The van der Waals surface area contributed by atoms with Gasteiger partial charge in [0.1, 0.15) is 0 Å². The van der Waals surface area contributed by atoms with Gasteiger partial charge in [-0.1, -0.05) is 17.7 Å². The van der Waals surface area contributed by atoms with Crippen molar-refractivity contribution in [2.24, 2.45) is 0 Å². The van der Waals surface area contributed by atoms with E-state index in [1.54, 1.807) is 30.3 Å². The number of benzene rings is 1. The summed E-state index contributed by atoms with van der Waals surface area (Å²) in [5.41, 5.74) is 7.02. The molecule has 26 heavy (non-hydrogen) atoms. The number of nitrogens with one attached hydrogen (secondary N) is 2. The van der Waals surface area contributed by atoms with Gasteiger partial charge in [-0.15, -0.1) is 0 Å². The number of aryl methyl sites for hydroxylation is 1. The third-order valence-electron chi connectivity index (χ3n) is 3.40. The number of nitrogens with zero attached hydrogens (tertiary/aromatic N) is 2. The average Bonchev–Trinajstić information content (AvgIpc) is 2.61. The Hall–Kier alpha value is -2.78. The zero-order chi connectivity index (χ0) is 19.0. The summed E-state index contributed by atoms with van der Waals surface area (Å²) in [6, 6.07) is 6.61. The highest BCUT2D eigenvalue weighted by Gasteiger charge is 2.12. The molecule has 8 nitrogen and oxygen atoms in total. The molecule has 1 aromatic carbocycles. The predicted octanol–water partition coefficient (Wildman–Crippen LogP) is 0.865. The number of carbonyl (C=O) groups excluding carboxylic acids is 1. The van der Waals surface area contributed by atoms with Gasteiger partial charge < -0.3 is 11.1 Å². The maximum atomic E-state index is 12.1. The standard InChI is InChI=1S/C17H21N5O3S/c1-13-3-6-15(7-4-13)26(24,25)22-10-2-9-19-16(23)8-5-14-11-20-17(18)21-12-14/h3-8,11-12,22H,2,9-10H2,1H3,(H,19,23)(H2,18,20,21)/b8-5+. The van der Waals surface area contributed by atoms with Gasteiger partial charge in [0.25, 0.3) is 0 Å². The molecule has 138 valence electrons. The molecule has 0 unspecified atom stereocenters. The zero-order valence-corrected chi connectivity index (χ0v) is 15.2. The van der Waals surface area contributed by atoms with Crippen LogP contribution in [-0.2, 0) is 14.8 Å². The van der Waals surface area contributed by atoms with E-state index in [2.05, 4.69) is 20.0 Å². The van der Waals surface area contributed by atoms with Gasteiger partial charge in [0.2, 0.25) is 21.9 Å². The van der Waals surface area contributed by atoms with E-state index in [1.807, 2.05) is 6.92 Å². The smallest absolute Gasteiger partial charge is 0.244 e. The van der Waals surface area contributed by atoms with Crippen LogP contribution >= 0.6 is 0 Å². The molecule has 0 bridgehead atoms. The molecule has 0 radical (unpaired) electrons. The number of sulfonamides is 1. The van der Waals surface area contributed by atoms with Crippen LogP contribution in [0.15, 0.2) is 47.6 Å². The van der Waals surface area contributed by atoms with Crippen LogP contribution in [-0.4, -0.2) is 37.4 Å². The first-order valence-corrected chi connectivity index (χ1v) is 9.45. The van der Waals surface area contributed by atoms with Gasteiger partial charge in [-0.25, -0.2) is 23.1 Å². The van der Waals surface area contributed by atoms with Crippen molar-refractivity contribution < 1.29 is 13.2 Å². The fourth-order valence-corrected chi connectivity index (χ4v) is 3.05. The lowest BCUT2D eigenvalue weighted by molar-refractivity contribution is -0.116. The van der Waals surface area contributed by atoms with E-state index in [0.29, 0.717) is 18.5 Å². The number of anilines is 1. The van der Waals surface area contributed by atoms with Crippen molar-refractivity contribution in [2.45, 2.75) is 18.2 Å². The maximum absolute atomic E-state index is 12.1. The highest BCUT2D eigenvalue weighted by Crippen LogP contribution is 2.09. The average molecular weight is 375 g/mol. The fraction of sp³-hybridized carbons (Fsp3) is 0.235. The van der Waals surface area contributed by atoms with E-state index in [9.17, 15) is 13.2 Å². The summed E-state index contributed by atoms with van der Waals surface area (Å²) < 4.78 is 26.7. The van der Waals surface area contributed by atoms with Crippen LogP contribution in [0.25, 0.3) is 6.08 Å². The topological polar surface area (TPSA) is 127 Å². The van der Waals surface area contributed by atoms with Gasteiger partial charge in [0.15, 0.2) is 0 Å². The van der Waals surface area contributed by atoms with Crippen molar-refractivity contribution in [2.75, 3.05) is 18.8 Å². The first kappa shape index (κ1) is 19.5. The molecule has 2 rings (SSSR count). The summed E-state index contributed by atoms with van der Waals surface area (Å²) in [4.78, 5) is 19.5. The Balaban J connectivity index is 1.70. The summed E-state index contributed by atoms with van der Waals surface area (Å²) in [6.45, 7) is 2.46. The third-order valence-corrected chi connectivity index (χ3v) is 4.87. The van der Waals surface area contributed by atoms with Crippen molar-refractivity contribution in [3.8, 4) is 0 Å². The van der Waals surface area contributed by atoms with E-state index in [-0.39, 0.29) is 23.3 Å². The van der Waals surface area contributed by atoms with Crippen molar-refractivity contribution in [3.05, 3.63) is 53.9 Å². The molecule has 9 heteroatoms. The van der Waals surface area contributed by atoms with Gasteiger partial charge in [-0.2, -0.15) is 0 Å². The molecular formula is C17H21N5O3S. The molecule has 1 amide bonds. The largest absolute Gasteiger partial charge is 0.368 e. The maximum Gasteiger partial charge on any atom is 0.244 e. The molecule has 4 N–H and O–H groups in total. The molecule has 1 heterocycles. The van der Waals surface area contributed by atoms with Gasteiger partial charge in [0, 0.05) is 37.1 Å². The second-order valence-corrected chi connectivity index (χ2v) is 7.33. The number of aromatic nitrogens is 2. The van der Waals surface area contributed by atoms with Crippen LogP contribution in [0.3, 0.4) is 0 Å². The van der Waals surface area contributed by atoms with E-state index < -0.39 is 10.0 Å². The lowest BCUT2D eigenvalue weighted by Crippen LogP contribution is -2.29. The number of rotatable bonds is 8. The second kappa shape index (κ2) is 9.07. The normalized spacial score (nSPS) is 11.6. The van der Waals surface area contributed by atoms with E-state index in [4.69, 9.17) is 5.73 Å². The summed E-state index contributed by atoms with van der Waals surface area (Å²) in [5, 5.41) is 2.67.